The highest BCUT2D eigenvalue weighted by atomic mass is 16.5. The molecule has 1 atom stereocenters. The van der Waals surface area contributed by atoms with Crippen LogP contribution in [0.25, 0.3) is 11.0 Å². The summed E-state index contributed by atoms with van der Waals surface area (Å²) >= 11 is 0. The smallest absolute Gasteiger partial charge is 0.242 e. The Balaban J connectivity index is 1.63. The number of likely N-dealkylation sites (tertiary alicyclic amines) is 1. The Morgan fingerprint density at radius 1 is 1.14 bits per heavy atom. The highest BCUT2D eigenvalue weighted by Gasteiger charge is 2.24. The van der Waals surface area contributed by atoms with Crippen LogP contribution in [0.5, 0.6) is 5.75 Å². The average molecular weight is 377 g/mol. The third kappa shape index (κ3) is 3.75. The maximum absolute atomic E-state index is 13.1. The lowest BCUT2D eigenvalue weighted by Gasteiger charge is -2.33. The fourth-order valence-electron chi connectivity index (χ4n) is 4.06. The molecule has 1 amide bonds. The quantitative estimate of drug-likeness (QED) is 0.674. The van der Waals surface area contributed by atoms with Gasteiger partial charge < -0.3 is 14.2 Å². The highest BCUT2D eigenvalue weighted by molar-refractivity contribution is 5.81. The molecule has 5 nitrogen and oxygen atoms in total. The van der Waals surface area contributed by atoms with E-state index in [1.807, 2.05) is 41.3 Å². The van der Waals surface area contributed by atoms with E-state index < -0.39 is 0 Å². The number of piperidine rings is 1. The molecule has 146 valence electrons. The molecule has 1 aliphatic heterocycles. The van der Waals surface area contributed by atoms with Gasteiger partial charge in [-0.15, -0.1) is 0 Å². The van der Waals surface area contributed by atoms with Crippen molar-refractivity contribution >= 4 is 16.9 Å². The van der Waals surface area contributed by atoms with Crippen molar-refractivity contribution in [2.75, 3.05) is 13.7 Å². The Morgan fingerprint density at radius 3 is 2.68 bits per heavy atom. The van der Waals surface area contributed by atoms with Crippen molar-refractivity contribution in [1.29, 1.82) is 0 Å². The molecule has 0 radical (unpaired) electrons. The predicted molar refractivity (Wildman–Crippen MR) is 111 cm³/mol. The third-order valence-electron chi connectivity index (χ3n) is 5.67. The maximum atomic E-state index is 13.1. The van der Waals surface area contributed by atoms with Crippen LogP contribution >= 0.6 is 0 Å². The second-order valence-corrected chi connectivity index (χ2v) is 7.56. The number of carbonyl (C=O) groups excluding carboxylic acids is 1. The van der Waals surface area contributed by atoms with Crippen molar-refractivity contribution < 1.29 is 9.53 Å². The van der Waals surface area contributed by atoms with Crippen LogP contribution in [0.4, 0.5) is 0 Å². The minimum Gasteiger partial charge on any atom is -0.497 e. The van der Waals surface area contributed by atoms with E-state index in [2.05, 4.69) is 23.6 Å². The molecule has 0 spiro atoms. The van der Waals surface area contributed by atoms with Gasteiger partial charge in [0.25, 0.3) is 0 Å². The first-order chi connectivity index (χ1) is 13.7. The Bertz CT molecular complexity index is 962. The fraction of sp³-hybridized carbons (Fsp3) is 0.391. The molecule has 28 heavy (non-hydrogen) atoms. The molecule has 1 saturated heterocycles. The summed E-state index contributed by atoms with van der Waals surface area (Å²) in [6, 6.07) is 16.4. The topological polar surface area (TPSA) is 47.4 Å². The molecule has 0 bridgehead atoms. The van der Waals surface area contributed by atoms with Crippen molar-refractivity contribution in [2.45, 2.75) is 45.2 Å². The van der Waals surface area contributed by atoms with Gasteiger partial charge in [-0.3, -0.25) is 4.79 Å². The van der Waals surface area contributed by atoms with Gasteiger partial charge in [-0.05, 0) is 56.0 Å². The second-order valence-electron chi connectivity index (χ2n) is 7.56. The summed E-state index contributed by atoms with van der Waals surface area (Å²) in [7, 11) is 1.67. The molecule has 1 aromatic heterocycles. The van der Waals surface area contributed by atoms with Crippen LogP contribution in [0.2, 0.25) is 0 Å². The van der Waals surface area contributed by atoms with Gasteiger partial charge in [0.1, 0.15) is 18.1 Å². The standard InChI is InChI=1S/C23H27N3O2/c1-17-7-5-6-14-25(17)23(27)16-26-21-9-4-3-8-20(21)24-22(26)15-18-10-12-19(28-2)13-11-18/h3-4,8-13,17H,5-7,14-16H2,1-2H3/t17-/m1/s1. The minimum atomic E-state index is 0.186. The molecule has 1 aliphatic rings. The second kappa shape index (κ2) is 8.05. The summed E-state index contributed by atoms with van der Waals surface area (Å²) in [6.45, 7) is 3.36. The Labute approximate surface area is 165 Å². The Hall–Kier alpha value is -2.82. The van der Waals surface area contributed by atoms with Crippen molar-refractivity contribution in [3.05, 3.63) is 59.9 Å². The van der Waals surface area contributed by atoms with Gasteiger partial charge in [0.15, 0.2) is 0 Å². The van der Waals surface area contributed by atoms with Crippen LogP contribution in [0.1, 0.15) is 37.6 Å². The molecule has 5 heteroatoms. The monoisotopic (exact) mass is 377 g/mol. The van der Waals surface area contributed by atoms with Crippen molar-refractivity contribution in [3.63, 3.8) is 0 Å². The molecule has 4 rings (SSSR count). The number of amides is 1. The summed E-state index contributed by atoms with van der Waals surface area (Å²) in [5.74, 6) is 1.95. The van der Waals surface area contributed by atoms with Crippen molar-refractivity contribution in [3.8, 4) is 5.75 Å². The summed E-state index contributed by atoms with van der Waals surface area (Å²) < 4.78 is 7.34. The van der Waals surface area contributed by atoms with E-state index in [-0.39, 0.29) is 5.91 Å². The van der Waals surface area contributed by atoms with Gasteiger partial charge in [0.05, 0.1) is 18.1 Å². The molecule has 0 saturated carbocycles. The predicted octanol–water partition coefficient (Wildman–Crippen LogP) is 4.04. The number of fused-ring (bicyclic) bond motifs is 1. The molecule has 1 fully saturated rings. The van der Waals surface area contributed by atoms with E-state index in [9.17, 15) is 4.79 Å². The molecular formula is C23H27N3O2. The number of rotatable bonds is 5. The number of methoxy groups -OCH3 is 1. The Morgan fingerprint density at radius 2 is 1.93 bits per heavy atom. The van der Waals surface area contributed by atoms with Gasteiger partial charge in [-0.2, -0.15) is 0 Å². The van der Waals surface area contributed by atoms with Crippen LogP contribution in [-0.4, -0.2) is 40.1 Å². The first-order valence-electron chi connectivity index (χ1n) is 10.0. The van der Waals surface area contributed by atoms with Gasteiger partial charge in [0, 0.05) is 19.0 Å². The van der Waals surface area contributed by atoms with Crippen molar-refractivity contribution in [1.82, 2.24) is 14.5 Å². The summed E-state index contributed by atoms with van der Waals surface area (Å²) in [5, 5.41) is 0. The van der Waals surface area contributed by atoms with Crippen LogP contribution in [0.3, 0.4) is 0 Å². The molecular weight excluding hydrogens is 350 g/mol. The highest BCUT2D eigenvalue weighted by Crippen LogP contribution is 2.22. The molecule has 2 heterocycles. The van der Waals surface area contributed by atoms with E-state index in [0.29, 0.717) is 19.0 Å². The number of nitrogens with zero attached hydrogens (tertiary/aromatic N) is 3. The molecule has 2 aromatic carbocycles. The molecule has 0 unspecified atom stereocenters. The number of benzene rings is 2. The summed E-state index contributed by atoms with van der Waals surface area (Å²) in [6.07, 6.45) is 4.08. The van der Waals surface area contributed by atoms with Gasteiger partial charge in [0.2, 0.25) is 5.91 Å². The minimum absolute atomic E-state index is 0.186. The molecule has 0 aliphatic carbocycles. The zero-order valence-corrected chi connectivity index (χ0v) is 16.6. The van der Waals surface area contributed by atoms with E-state index in [1.165, 1.54) is 6.42 Å². The van der Waals surface area contributed by atoms with Crippen molar-refractivity contribution in [2.24, 2.45) is 0 Å². The van der Waals surface area contributed by atoms with E-state index in [0.717, 1.165) is 47.6 Å². The lowest BCUT2D eigenvalue weighted by Crippen LogP contribution is -2.43. The van der Waals surface area contributed by atoms with E-state index >= 15 is 0 Å². The number of hydrogen-bond donors (Lipinski definition) is 0. The normalized spacial score (nSPS) is 17.1. The third-order valence-corrected chi connectivity index (χ3v) is 5.67. The average Bonchev–Trinajstić information content (AvgIpc) is 3.06. The lowest BCUT2D eigenvalue weighted by atomic mass is 10.0. The summed E-state index contributed by atoms with van der Waals surface area (Å²) in [5.41, 5.74) is 3.10. The molecule has 3 aromatic rings. The zero-order chi connectivity index (χ0) is 19.5. The van der Waals surface area contributed by atoms with Crippen LogP contribution in [0.15, 0.2) is 48.5 Å². The van der Waals surface area contributed by atoms with Gasteiger partial charge in [-0.25, -0.2) is 4.98 Å². The molecule has 0 N–H and O–H groups in total. The van der Waals surface area contributed by atoms with Crippen LogP contribution < -0.4 is 4.74 Å². The van der Waals surface area contributed by atoms with Gasteiger partial charge in [-0.1, -0.05) is 24.3 Å². The largest absolute Gasteiger partial charge is 0.497 e. The van der Waals surface area contributed by atoms with Gasteiger partial charge >= 0.3 is 0 Å². The number of aromatic nitrogens is 2. The SMILES string of the molecule is COc1ccc(Cc2nc3ccccc3n2CC(=O)N2CCCC[C@H]2C)cc1. The summed E-state index contributed by atoms with van der Waals surface area (Å²) in [4.78, 5) is 19.9. The first-order valence-corrected chi connectivity index (χ1v) is 10.0. The number of hydrogen-bond acceptors (Lipinski definition) is 3. The number of ether oxygens (including phenoxy) is 1. The van der Waals surface area contributed by atoms with E-state index in [1.54, 1.807) is 7.11 Å². The zero-order valence-electron chi connectivity index (χ0n) is 16.6. The number of para-hydroxylation sites is 2. The maximum Gasteiger partial charge on any atom is 0.242 e. The first kappa shape index (κ1) is 18.5. The van der Waals surface area contributed by atoms with Crippen LogP contribution in [-0.2, 0) is 17.8 Å². The number of imidazole rings is 1. The van der Waals surface area contributed by atoms with E-state index in [4.69, 9.17) is 9.72 Å². The number of carbonyl (C=O) groups is 1. The Kier molecular flexibility index (Phi) is 5.33. The lowest BCUT2D eigenvalue weighted by molar-refractivity contribution is -0.135. The fourth-order valence-corrected chi connectivity index (χ4v) is 4.06. The van der Waals surface area contributed by atoms with Crippen LogP contribution in [0, 0.1) is 0 Å².